The number of nitrogens with zero attached hydrogens (tertiary/aromatic N) is 4. The van der Waals surface area contributed by atoms with E-state index in [1.54, 1.807) is 11.1 Å². The zero-order chi connectivity index (χ0) is 23.2. The Morgan fingerprint density at radius 1 is 1.18 bits per heavy atom. The number of likely N-dealkylation sites (tertiary alicyclic amines) is 1. The summed E-state index contributed by atoms with van der Waals surface area (Å²) in [5.41, 5.74) is 3.32. The Hall–Kier alpha value is -3.94. The molecule has 1 aliphatic heterocycles. The molecule has 1 fully saturated rings. The molecule has 1 saturated heterocycles. The number of methoxy groups -OCH3 is 1. The molecule has 8 heteroatoms. The largest absolute Gasteiger partial charge is 0.480 e. The number of carbonyl (C=O) groups is 1. The number of carbonyl (C=O) groups excluding carboxylic acids is 1. The second-order valence-corrected chi connectivity index (χ2v) is 8.00. The first-order valence-corrected chi connectivity index (χ1v) is 10.8. The zero-order valence-electron chi connectivity index (χ0n) is 19.0. The maximum Gasteiger partial charge on any atom is 0.323 e. The number of hydrogen-bond acceptors (Lipinski definition) is 6. The van der Waals surface area contributed by atoms with Crippen molar-refractivity contribution >= 4 is 17.9 Å². The number of urea groups is 1. The van der Waals surface area contributed by atoms with Gasteiger partial charge in [0.2, 0.25) is 5.88 Å². The predicted octanol–water partition coefficient (Wildman–Crippen LogP) is 4.94. The lowest BCUT2D eigenvalue weighted by Gasteiger charge is -2.33. The van der Waals surface area contributed by atoms with Crippen LogP contribution in [0.25, 0.3) is 6.08 Å². The lowest BCUT2D eigenvalue weighted by atomic mass is 9.91. The molecule has 3 aromatic rings. The van der Waals surface area contributed by atoms with Gasteiger partial charge in [0, 0.05) is 18.8 Å². The second-order valence-electron chi connectivity index (χ2n) is 8.00. The molecule has 1 N–H and O–H groups in total. The monoisotopic (exact) mass is 445 g/mol. The second kappa shape index (κ2) is 10.1. The zero-order valence-corrected chi connectivity index (χ0v) is 19.0. The topological polar surface area (TPSA) is 89.5 Å². The molecule has 3 heterocycles. The van der Waals surface area contributed by atoms with Gasteiger partial charge in [-0.2, -0.15) is 4.98 Å². The summed E-state index contributed by atoms with van der Waals surface area (Å²) in [4.78, 5) is 27.0. The maximum absolute atomic E-state index is 12.7. The minimum Gasteiger partial charge on any atom is -0.480 e. The van der Waals surface area contributed by atoms with Gasteiger partial charge in [0.1, 0.15) is 11.5 Å². The molecule has 170 valence electrons. The first-order chi connectivity index (χ1) is 16.0. The highest BCUT2D eigenvalue weighted by Gasteiger charge is 2.24. The van der Waals surface area contributed by atoms with E-state index in [9.17, 15) is 4.79 Å². The Balaban J connectivity index is 1.38. The Bertz CT molecular complexity index is 1150. The van der Waals surface area contributed by atoms with Gasteiger partial charge in [0.05, 0.1) is 25.7 Å². The number of rotatable bonds is 5. The molecule has 33 heavy (non-hydrogen) atoms. The van der Waals surface area contributed by atoms with E-state index >= 15 is 0 Å². The van der Waals surface area contributed by atoms with E-state index < -0.39 is 0 Å². The van der Waals surface area contributed by atoms with Crippen molar-refractivity contribution in [3.63, 3.8) is 0 Å². The number of anilines is 1. The van der Waals surface area contributed by atoms with E-state index in [1.165, 1.54) is 25.1 Å². The van der Waals surface area contributed by atoms with Crippen LogP contribution >= 0.6 is 0 Å². The van der Waals surface area contributed by atoms with Crippen LogP contribution in [0.15, 0.2) is 60.6 Å². The van der Waals surface area contributed by atoms with Crippen LogP contribution in [0.5, 0.6) is 17.4 Å². The van der Waals surface area contributed by atoms with Gasteiger partial charge in [-0.15, -0.1) is 0 Å². The number of pyridine rings is 1. The van der Waals surface area contributed by atoms with Crippen molar-refractivity contribution in [2.45, 2.75) is 20.3 Å². The van der Waals surface area contributed by atoms with Crippen molar-refractivity contribution < 1.29 is 14.3 Å². The molecule has 8 nitrogen and oxygen atoms in total. The van der Waals surface area contributed by atoms with Crippen LogP contribution < -0.4 is 14.8 Å². The van der Waals surface area contributed by atoms with Gasteiger partial charge in [-0.05, 0) is 49.1 Å². The fraction of sp³-hybridized carbons (Fsp3) is 0.280. The summed E-state index contributed by atoms with van der Waals surface area (Å²) in [6.07, 6.45) is 7.70. The van der Waals surface area contributed by atoms with Crippen LogP contribution in [0, 0.1) is 12.8 Å². The quantitative estimate of drug-likeness (QED) is 0.598. The van der Waals surface area contributed by atoms with Crippen LogP contribution in [0.1, 0.15) is 24.6 Å². The molecule has 2 aromatic heterocycles. The number of aromatic nitrogens is 3. The highest BCUT2D eigenvalue weighted by atomic mass is 16.5. The fourth-order valence-electron chi connectivity index (χ4n) is 3.68. The van der Waals surface area contributed by atoms with Gasteiger partial charge >= 0.3 is 6.03 Å². The van der Waals surface area contributed by atoms with Crippen molar-refractivity contribution in [3.05, 3.63) is 71.8 Å². The average Bonchev–Trinajstić information content (AvgIpc) is 2.82. The Kier molecular flexibility index (Phi) is 6.83. The molecule has 0 spiro atoms. The SMILES string of the molecule is COc1cncc(NC(=O)N2CC/C(=C\c3cccc(Oc4ccc(C)nc4)c3)C(C)C2)n1. The van der Waals surface area contributed by atoms with Crippen LogP contribution in [0.3, 0.4) is 0 Å². The molecule has 4 rings (SSSR count). The highest BCUT2D eigenvalue weighted by molar-refractivity contribution is 5.88. The van der Waals surface area contributed by atoms with Crippen LogP contribution in [0.2, 0.25) is 0 Å². The Morgan fingerprint density at radius 2 is 2.06 bits per heavy atom. The normalized spacial score (nSPS) is 17.0. The molecule has 1 unspecified atom stereocenters. The molecule has 1 atom stereocenters. The number of nitrogens with one attached hydrogen (secondary N) is 1. The number of hydrogen-bond donors (Lipinski definition) is 1. The predicted molar refractivity (Wildman–Crippen MR) is 126 cm³/mol. The Labute approximate surface area is 193 Å². The van der Waals surface area contributed by atoms with E-state index in [-0.39, 0.29) is 11.9 Å². The molecule has 0 saturated carbocycles. The van der Waals surface area contributed by atoms with Crippen molar-refractivity contribution in [2.24, 2.45) is 5.92 Å². The number of amides is 2. The highest BCUT2D eigenvalue weighted by Crippen LogP contribution is 2.28. The maximum atomic E-state index is 12.7. The summed E-state index contributed by atoms with van der Waals surface area (Å²) < 4.78 is 11.0. The number of ether oxygens (including phenoxy) is 2. The summed E-state index contributed by atoms with van der Waals surface area (Å²) >= 11 is 0. The standard InChI is InChI=1S/C25H27N5O3/c1-17-16-30(25(31)29-23-14-26-15-24(28-23)32-3)10-9-20(17)11-19-5-4-6-21(12-19)33-22-8-7-18(2)27-13-22/h4-8,11-15,17H,9-10,16H2,1-3H3,(H,28,29,31)/b20-11+. The van der Waals surface area contributed by atoms with E-state index in [4.69, 9.17) is 9.47 Å². The average molecular weight is 446 g/mol. The van der Waals surface area contributed by atoms with E-state index in [2.05, 4.69) is 39.3 Å². The van der Waals surface area contributed by atoms with Crippen molar-refractivity contribution in [2.75, 3.05) is 25.5 Å². The first-order valence-electron chi connectivity index (χ1n) is 10.8. The summed E-state index contributed by atoms with van der Waals surface area (Å²) in [6.45, 7) is 5.33. The molecule has 1 aliphatic rings. The van der Waals surface area contributed by atoms with Gasteiger partial charge in [0.15, 0.2) is 5.82 Å². The van der Waals surface area contributed by atoms with E-state index in [1.807, 2.05) is 37.3 Å². The summed E-state index contributed by atoms with van der Waals surface area (Å²) in [5, 5.41) is 2.80. The third-order valence-electron chi connectivity index (χ3n) is 5.47. The van der Waals surface area contributed by atoms with E-state index in [0.717, 1.165) is 23.4 Å². The summed E-state index contributed by atoms with van der Waals surface area (Å²) in [7, 11) is 1.51. The minimum atomic E-state index is -0.189. The number of benzene rings is 1. The Morgan fingerprint density at radius 3 is 2.82 bits per heavy atom. The molecule has 2 amide bonds. The molecule has 0 bridgehead atoms. The van der Waals surface area contributed by atoms with Crippen molar-refractivity contribution in [1.82, 2.24) is 19.9 Å². The van der Waals surface area contributed by atoms with Gasteiger partial charge in [0.25, 0.3) is 0 Å². The van der Waals surface area contributed by atoms with Gasteiger partial charge in [-0.1, -0.05) is 30.7 Å². The lowest BCUT2D eigenvalue weighted by Crippen LogP contribution is -2.42. The van der Waals surface area contributed by atoms with Gasteiger partial charge in [-0.3, -0.25) is 15.3 Å². The lowest BCUT2D eigenvalue weighted by molar-refractivity contribution is 0.197. The summed E-state index contributed by atoms with van der Waals surface area (Å²) in [5.74, 6) is 2.42. The molecular weight excluding hydrogens is 418 g/mol. The fourth-order valence-corrected chi connectivity index (χ4v) is 3.68. The number of aryl methyl sites for hydroxylation is 1. The number of piperidine rings is 1. The van der Waals surface area contributed by atoms with E-state index in [0.29, 0.717) is 30.5 Å². The third kappa shape index (κ3) is 5.85. The molecule has 1 aromatic carbocycles. The molecule has 0 radical (unpaired) electrons. The van der Waals surface area contributed by atoms with Crippen LogP contribution in [0.4, 0.5) is 10.6 Å². The minimum absolute atomic E-state index is 0.189. The molecule has 0 aliphatic carbocycles. The smallest absolute Gasteiger partial charge is 0.323 e. The summed E-state index contributed by atoms with van der Waals surface area (Å²) in [6, 6.07) is 11.6. The third-order valence-corrected chi connectivity index (χ3v) is 5.47. The molecular formula is C25H27N5O3. The van der Waals surface area contributed by atoms with Gasteiger partial charge < -0.3 is 14.4 Å². The van der Waals surface area contributed by atoms with Crippen molar-refractivity contribution in [3.8, 4) is 17.4 Å². The first kappa shape index (κ1) is 22.3. The van der Waals surface area contributed by atoms with Crippen LogP contribution in [-0.2, 0) is 0 Å². The van der Waals surface area contributed by atoms with Gasteiger partial charge in [-0.25, -0.2) is 4.79 Å². The van der Waals surface area contributed by atoms with Crippen molar-refractivity contribution in [1.29, 1.82) is 0 Å². The van der Waals surface area contributed by atoms with Crippen LogP contribution in [-0.4, -0.2) is 46.1 Å².